The van der Waals surface area contributed by atoms with E-state index in [2.05, 4.69) is 168 Å². The minimum Gasteiger partial charge on any atom is -0.455 e. The molecule has 266 valence electrons. The van der Waals surface area contributed by atoms with Gasteiger partial charge in [-0.2, -0.15) is 0 Å². The second-order valence-corrected chi connectivity index (χ2v) is 16.8. The van der Waals surface area contributed by atoms with E-state index in [1.54, 1.807) is 0 Å². The number of benzene rings is 6. The molecule has 3 aromatic heterocycles. The van der Waals surface area contributed by atoms with Gasteiger partial charge in [-0.3, -0.25) is 0 Å². The molecule has 0 unspecified atom stereocenters. The summed E-state index contributed by atoms with van der Waals surface area (Å²) in [6, 6.07) is 45.0. The zero-order chi connectivity index (χ0) is 37.1. The molecule has 0 saturated carbocycles. The largest absolute Gasteiger partial charge is 0.495 e. The maximum absolute atomic E-state index is 6.91. The number of hydrogen-bond acceptors (Lipinski definition) is 4. The Labute approximate surface area is 315 Å². The topological polar surface area (TPSA) is 49.7 Å². The number of para-hydroxylation sites is 1. The Balaban J connectivity index is 1.33. The summed E-state index contributed by atoms with van der Waals surface area (Å²) >= 11 is 0. The fraction of sp³-hybridized carbons (Fsp3) is 0.208. The molecule has 1 fully saturated rings. The summed E-state index contributed by atoms with van der Waals surface area (Å²) < 4.78 is 29.6. The third kappa shape index (κ3) is 4.86. The SMILES string of the molecule is CC(C)(C)c1ccc2c(c1)c1c3oc4ccccc4c3c(B3OC(C)(C)C(C)(C)O3)cc1n2-c1ccc2oc(-c3ccccc3)c(-c3ccccc3)c2c1. The van der Waals surface area contributed by atoms with Gasteiger partial charge in [0.05, 0.1) is 27.6 Å². The van der Waals surface area contributed by atoms with Gasteiger partial charge in [-0.05, 0) is 92.2 Å². The third-order valence-corrected chi connectivity index (χ3v) is 11.8. The zero-order valence-electron chi connectivity index (χ0n) is 31.8. The molecular formula is C48H42BNO4. The highest BCUT2D eigenvalue weighted by atomic mass is 16.7. The van der Waals surface area contributed by atoms with Crippen molar-refractivity contribution in [2.45, 2.75) is 65.1 Å². The molecule has 6 aromatic carbocycles. The minimum absolute atomic E-state index is 0.0492. The van der Waals surface area contributed by atoms with E-state index in [4.69, 9.17) is 18.1 Å². The first-order valence-corrected chi connectivity index (χ1v) is 18.9. The van der Waals surface area contributed by atoms with E-state index < -0.39 is 18.3 Å². The van der Waals surface area contributed by atoms with E-state index >= 15 is 0 Å². The van der Waals surface area contributed by atoms with Crippen molar-refractivity contribution < 1.29 is 18.1 Å². The van der Waals surface area contributed by atoms with Crippen LogP contribution in [-0.2, 0) is 14.7 Å². The lowest BCUT2D eigenvalue weighted by molar-refractivity contribution is 0.00578. The van der Waals surface area contributed by atoms with Crippen LogP contribution in [0.4, 0.5) is 0 Å². The van der Waals surface area contributed by atoms with Gasteiger partial charge in [0, 0.05) is 38.4 Å². The summed E-state index contributed by atoms with van der Waals surface area (Å²) in [5.41, 5.74) is 10.0. The molecule has 0 radical (unpaired) electrons. The second-order valence-electron chi connectivity index (χ2n) is 16.8. The smallest absolute Gasteiger partial charge is 0.455 e. The number of rotatable bonds is 4. The van der Waals surface area contributed by atoms with Crippen LogP contribution >= 0.6 is 0 Å². The van der Waals surface area contributed by atoms with Gasteiger partial charge in [-0.15, -0.1) is 0 Å². The Morgan fingerprint density at radius 1 is 0.556 bits per heavy atom. The van der Waals surface area contributed by atoms with Crippen LogP contribution in [0.15, 0.2) is 136 Å². The van der Waals surface area contributed by atoms with Crippen molar-refractivity contribution in [3.63, 3.8) is 0 Å². The molecule has 0 N–H and O–H groups in total. The van der Waals surface area contributed by atoms with Crippen molar-refractivity contribution in [2.75, 3.05) is 0 Å². The number of hydrogen-bond donors (Lipinski definition) is 0. The van der Waals surface area contributed by atoms with E-state index in [0.29, 0.717) is 0 Å². The number of fused-ring (bicyclic) bond motifs is 8. The number of nitrogens with zero attached hydrogens (tertiary/aromatic N) is 1. The quantitative estimate of drug-likeness (QED) is 0.171. The molecule has 0 bridgehead atoms. The van der Waals surface area contributed by atoms with E-state index in [1.165, 1.54) is 5.56 Å². The normalized spacial score (nSPS) is 15.8. The molecule has 9 aromatic rings. The first-order valence-electron chi connectivity index (χ1n) is 18.9. The van der Waals surface area contributed by atoms with Crippen LogP contribution in [0.25, 0.3) is 82.9 Å². The highest BCUT2D eigenvalue weighted by Gasteiger charge is 2.52. The van der Waals surface area contributed by atoms with Gasteiger partial charge in [0.2, 0.25) is 0 Å². The molecule has 0 spiro atoms. The van der Waals surface area contributed by atoms with E-state index in [0.717, 1.165) is 88.3 Å². The van der Waals surface area contributed by atoms with E-state index in [-0.39, 0.29) is 5.41 Å². The average molecular weight is 708 g/mol. The van der Waals surface area contributed by atoms with Crippen LogP contribution in [0.1, 0.15) is 54.0 Å². The predicted octanol–water partition coefficient (Wildman–Crippen LogP) is 12.4. The van der Waals surface area contributed by atoms with E-state index in [1.807, 2.05) is 12.1 Å². The molecule has 5 nitrogen and oxygen atoms in total. The van der Waals surface area contributed by atoms with Crippen LogP contribution in [-0.4, -0.2) is 22.9 Å². The van der Waals surface area contributed by atoms with E-state index in [9.17, 15) is 0 Å². The lowest BCUT2D eigenvalue weighted by atomic mass is 9.75. The fourth-order valence-electron chi connectivity index (χ4n) is 8.22. The highest BCUT2D eigenvalue weighted by Crippen LogP contribution is 2.46. The molecule has 1 aliphatic rings. The lowest BCUT2D eigenvalue weighted by Crippen LogP contribution is -2.41. The van der Waals surface area contributed by atoms with Crippen molar-refractivity contribution in [1.29, 1.82) is 0 Å². The fourth-order valence-corrected chi connectivity index (χ4v) is 8.22. The van der Waals surface area contributed by atoms with Crippen LogP contribution in [0.2, 0.25) is 0 Å². The average Bonchev–Trinajstić information content (AvgIpc) is 3.88. The molecule has 0 atom stereocenters. The van der Waals surface area contributed by atoms with Gasteiger partial charge >= 0.3 is 7.12 Å². The van der Waals surface area contributed by atoms with Gasteiger partial charge in [-0.25, -0.2) is 0 Å². The Bertz CT molecular complexity index is 2910. The first kappa shape index (κ1) is 33.0. The number of aromatic nitrogens is 1. The summed E-state index contributed by atoms with van der Waals surface area (Å²) in [6.45, 7) is 15.2. The molecule has 0 aliphatic carbocycles. The van der Waals surface area contributed by atoms with Crippen LogP contribution in [0, 0.1) is 0 Å². The van der Waals surface area contributed by atoms with Gasteiger partial charge in [0.1, 0.15) is 22.5 Å². The molecule has 4 heterocycles. The second kappa shape index (κ2) is 11.5. The molecule has 54 heavy (non-hydrogen) atoms. The summed E-state index contributed by atoms with van der Waals surface area (Å²) in [4.78, 5) is 0. The van der Waals surface area contributed by atoms with Crippen molar-refractivity contribution in [2.24, 2.45) is 0 Å². The highest BCUT2D eigenvalue weighted by molar-refractivity contribution is 6.66. The zero-order valence-corrected chi connectivity index (χ0v) is 31.8. The maximum Gasteiger partial charge on any atom is 0.495 e. The van der Waals surface area contributed by atoms with Crippen molar-refractivity contribution in [3.8, 4) is 28.1 Å². The van der Waals surface area contributed by atoms with Gasteiger partial charge < -0.3 is 22.7 Å². The van der Waals surface area contributed by atoms with Crippen molar-refractivity contribution >= 4 is 67.3 Å². The van der Waals surface area contributed by atoms with Crippen LogP contribution in [0.3, 0.4) is 0 Å². The van der Waals surface area contributed by atoms with Gasteiger partial charge in [0.15, 0.2) is 0 Å². The maximum atomic E-state index is 6.91. The molecular weight excluding hydrogens is 665 g/mol. The van der Waals surface area contributed by atoms with Crippen molar-refractivity contribution in [1.82, 2.24) is 4.57 Å². The Morgan fingerprint density at radius 2 is 1.20 bits per heavy atom. The summed E-state index contributed by atoms with van der Waals surface area (Å²) in [5.74, 6) is 0.859. The van der Waals surface area contributed by atoms with Crippen LogP contribution < -0.4 is 5.46 Å². The first-order chi connectivity index (χ1) is 25.9. The van der Waals surface area contributed by atoms with Crippen LogP contribution in [0.5, 0.6) is 0 Å². The lowest BCUT2D eigenvalue weighted by Gasteiger charge is -2.32. The Kier molecular flexibility index (Phi) is 7.02. The predicted molar refractivity (Wildman–Crippen MR) is 223 cm³/mol. The van der Waals surface area contributed by atoms with Gasteiger partial charge in [-0.1, -0.05) is 106 Å². The molecule has 1 saturated heterocycles. The van der Waals surface area contributed by atoms with Crippen molar-refractivity contribution in [3.05, 3.63) is 133 Å². The van der Waals surface area contributed by atoms with Gasteiger partial charge in [0.25, 0.3) is 0 Å². The minimum atomic E-state index is -0.589. The standard InChI is InChI=1S/C48H42BNO4/c1-46(2,3)31-22-24-37-34(26-31)43-38(28-36(49-53-47(4,5)48(6,7)54-49)42-33-20-14-15-21-39(33)52-45(42)43)50(37)32-23-25-40-35(27-32)41(29-16-10-8-11-17-29)44(51-40)30-18-12-9-13-19-30/h8-28H,1-7H3. The Morgan fingerprint density at radius 3 is 1.91 bits per heavy atom. The number of furan rings is 2. The third-order valence-electron chi connectivity index (χ3n) is 11.8. The summed E-state index contributed by atoms with van der Waals surface area (Å²) in [6.07, 6.45) is 0. The molecule has 6 heteroatoms. The Hall–Kier alpha value is -5.56. The summed E-state index contributed by atoms with van der Waals surface area (Å²) in [7, 11) is -0.589. The monoisotopic (exact) mass is 707 g/mol. The summed E-state index contributed by atoms with van der Waals surface area (Å²) in [5, 5.41) is 5.34. The molecule has 0 amide bonds. The molecule has 10 rings (SSSR count). The molecule has 1 aliphatic heterocycles.